The Labute approximate surface area is 109 Å². The topological polar surface area (TPSA) is 78.4 Å². The Bertz CT molecular complexity index is 483. The quantitative estimate of drug-likeness (QED) is 0.700. The van der Waals surface area contributed by atoms with Crippen LogP contribution in [0.2, 0.25) is 0 Å². The molecule has 2 rings (SSSR count). The first kappa shape index (κ1) is 13.5. The monoisotopic (exact) mass is 266 g/mol. The average molecular weight is 266 g/mol. The Balaban J connectivity index is 1.82. The highest BCUT2D eigenvalue weighted by atomic mass is 19.1. The van der Waals surface area contributed by atoms with Gasteiger partial charge in [-0.1, -0.05) is 0 Å². The summed E-state index contributed by atoms with van der Waals surface area (Å²) in [6, 6.07) is 5.13. The van der Waals surface area contributed by atoms with Crippen LogP contribution in [0, 0.1) is 11.2 Å². The van der Waals surface area contributed by atoms with E-state index >= 15 is 0 Å². The molecule has 0 spiro atoms. The lowest BCUT2D eigenvalue weighted by atomic mass is 10.1. The van der Waals surface area contributed by atoms with Crippen LogP contribution in [0.25, 0.3) is 0 Å². The van der Waals surface area contributed by atoms with E-state index in [1.807, 2.05) is 0 Å². The largest absolute Gasteiger partial charge is 0.396 e. The van der Waals surface area contributed by atoms with Crippen LogP contribution in [0.5, 0.6) is 0 Å². The van der Waals surface area contributed by atoms with E-state index in [1.165, 1.54) is 24.3 Å². The van der Waals surface area contributed by atoms with Crippen molar-refractivity contribution in [3.63, 3.8) is 0 Å². The second-order valence-electron chi connectivity index (χ2n) is 4.80. The summed E-state index contributed by atoms with van der Waals surface area (Å²) in [6.45, 7) is 0.298. The van der Waals surface area contributed by atoms with Crippen LogP contribution >= 0.6 is 0 Å². The summed E-state index contributed by atoms with van der Waals surface area (Å²) in [7, 11) is 0. The Hall–Kier alpha value is -1.95. The van der Waals surface area contributed by atoms with E-state index in [0.717, 1.165) is 12.8 Å². The molecule has 0 aromatic heterocycles. The maximum Gasteiger partial charge on any atom is 0.313 e. The van der Waals surface area contributed by atoms with Crippen molar-refractivity contribution in [3.8, 4) is 0 Å². The Kier molecular flexibility index (Phi) is 3.80. The van der Waals surface area contributed by atoms with Gasteiger partial charge in [0.25, 0.3) is 0 Å². The molecule has 1 aromatic carbocycles. The number of anilines is 1. The minimum atomic E-state index is -0.805. The van der Waals surface area contributed by atoms with Crippen LogP contribution in [-0.4, -0.2) is 30.1 Å². The van der Waals surface area contributed by atoms with Crippen molar-refractivity contribution in [3.05, 3.63) is 30.1 Å². The number of nitrogens with one attached hydrogen (secondary N) is 2. The first-order chi connectivity index (χ1) is 9.04. The molecule has 1 aliphatic carbocycles. The van der Waals surface area contributed by atoms with Gasteiger partial charge in [-0.3, -0.25) is 9.59 Å². The number of halogens is 1. The molecule has 0 saturated heterocycles. The molecule has 102 valence electrons. The van der Waals surface area contributed by atoms with Crippen LogP contribution < -0.4 is 10.6 Å². The summed E-state index contributed by atoms with van der Waals surface area (Å²) in [5, 5.41) is 13.9. The van der Waals surface area contributed by atoms with Gasteiger partial charge in [-0.15, -0.1) is 0 Å². The molecule has 0 atom stereocenters. The Morgan fingerprint density at radius 2 is 1.84 bits per heavy atom. The van der Waals surface area contributed by atoms with E-state index in [2.05, 4.69) is 10.6 Å². The number of aliphatic hydroxyl groups excluding tert-OH is 1. The van der Waals surface area contributed by atoms with E-state index in [4.69, 9.17) is 5.11 Å². The third-order valence-electron chi connectivity index (χ3n) is 3.22. The molecule has 0 unspecified atom stereocenters. The van der Waals surface area contributed by atoms with Crippen molar-refractivity contribution in [1.82, 2.24) is 5.32 Å². The smallest absolute Gasteiger partial charge is 0.313 e. The number of carbonyl (C=O) groups is 2. The molecule has 3 N–H and O–H groups in total. The first-order valence-electron chi connectivity index (χ1n) is 6.00. The zero-order valence-corrected chi connectivity index (χ0v) is 10.3. The summed E-state index contributed by atoms with van der Waals surface area (Å²) in [4.78, 5) is 23.1. The van der Waals surface area contributed by atoms with Gasteiger partial charge in [-0.05, 0) is 37.1 Å². The summed E-state index contributed by atoms with van der Waals surface area (Å²) in [6.07, 6.45) is 1.70. The standard InChI is InChI=1S/C13H15FN2O3/c14-9-1-3-10(4-2-9)16-12(19)11(18)15-7-13(8-17)5-6-13/h1-4,17H,5-8H2,(H,15,18)(H,16,19). The molecule has 0 bridgehead atoms. The SMILES string of the molecule is O=C(NCC1(CO)CC1)C(=O)Nc1ccc(F)cc1. The highest BCUT2D eigenvalue weighted by Gasteiger charge is 2.42. The lowest BCUT2D eigenvalue weighted by molar-refractivity contribution is -0.136. The van der Waals surface area contributed by atoms with Gasteiger partial charge in [0.05, 0.1) is 6.61 Å². The van der Waals surface area contributed by atoms with Gasteiger partial charge in [-0.2, -0.15) is 0 Å². The molecule has 5 nitrogen and oxygen atoms in total. The molecule has 1 aromatic rings. The molecule has 6 heteroatoms. The maximum atomic E-state index is 12.7. The highest BCUT2D eigenvalue weighted by molar-refractivity contribution is 6.39. The van der Waals surface area contributed by atoms with Crippen LogP contribution in [0.4, 0.5) is 10.1 Å². The van der Waals surface area contributed by atoms with Gasteiger partial charge >= 0.3 is 11.8 Å². The third-order valence-corrected chi connectivity index (χ3v) is 3.22. The predicted octanol–water partition coefficient (Wildman–Crippen LogP) is 0.653. The molecular weight excluding hydrogens is 251 g/mol. The highest BCUT2D eigenvalue weighted by Crippen LogP contribution is 2.44. The van der Waals surface area contributed by atoms with Gasteiger partial charge in [0.2, 0.25) is 0 Å². The van der Waals surface area contributed by atoms with Crippen LogP contribution in [0.1, 0.15) is 12.8 Å². The van der Waals surface area contributed by atoms with Crippen molar-refractivity contribution in [2.24, 2.45) is 5.41 Å². The molecule has 0 radical (unpaired) electrons. The lowest BCUT2D eigenvalue weighted by Gasteiger charge is -2.12. The van der Waals surface area contributed by atoms with Crippen LogP contribution in [-0.2, 0) is 9.59 Å². The molecule has 19 heavy (non-hydrogen) atoms. The predicted molar refractivity (Wildman–Crippen MR) is 66.8 cm³/mol. The maximum absolute atomic E-state index is 12.7. The van der Waals surface area contributed by atoms with E-state index in [-0.39, 0.29) is 12.0 Å². The first-order valence-corrected chi connectivity index (χ1v) is 6.00. The van der Waals surface area contributed by atoms with Gasteiger partial charge in [0, 0.05) is 17.6 Å². The normalized spacial score (nSPS) is 15.7. The third kappa shape index (κ3) is 3.51. The summed E-state index contributed by atoms with van der Waals surface area (Å²) >= 11 is 0. The molecule has 1 aliphatic rings. The van der Waals surface area contributed by atoms with Crippen LogP contribution in [0.3, 0.4) is 0 Å². The van der Waals surface area contributed by atoms with Gasteiger partial charge in [-0.25, -0.2) is 4.39 Å². The Morgan fingerprint density at radius 1 is 1.21 bits per heavy atom. The number of benzene rings is 1. The van der Waals surface area contributed by atoms with E-state index in [1.54, 1.807) is 0 Å². The number of hydrogen-bond acceptors (Lipinski definition) is 3. The van der Waals surface area contributed by atoms with Crippen LogP contribution in [0.15, 0.2) is 24.3 Å². The molecule has 1 saturated carbocycles. The number of hydrogen-bond donors (Lipinski definition) is 3. The van der Waals surface area contributed by atoms with E-state index in [9.17, 15) is 14.0 Å². The molecule has 1 fully saturated rings. The average Bonchev–Trinajstić information content (AvgIpc) is 3.19. The second kappa shape index (κ2) is 5.36. The fourth-order valence-corrected chi connectivity index (χ4v) is 1.64. The fraction of sp³-hybridized carbons (Fsp3) is 0.385. The fourth-order valence-electron chi connectivity index (χ4n) is 1.64. The molecule has 2 amide bonds. The summed E-state index contributed by atoms with van der Waals surface area (Å²) in [5.41, 5.74) is 0.107. The second-order valence-corrected chi connectivity index (χ2v) is 4.80. The van der Waals surface area contributed by atoms with Crippen molar-refractivity contribution in [1.29, 1.82) is 0 Å². The van der Waals surface area contributed by atoms with Gasteiger partial charge in [0.1, 0.15) is 5.82 Å². The number of aliphatic hydroxyl groups is 1. The number of rotatable bonds is 4. The lowest BCUT2D eigenvalue weighted by Crippen LogP contribution is -2.39. The molecule has 0 aliphatic heterocycles. The summed E-state index contributed by atoms with van der Waals surface area (Å²) < 4.78 is 12.7. The number of amides is 2. The zero-order chi connectivity index (χ0) is 13.9. The zero-order valence-electron chi connectivity index (χ0n) is 10.3. The number of carbonyl (C=O) groups excluding carboxylic acids is 2. The summed E-state index contributed by atoms with van der Waals surface area (Å²) in [5.74, 6) is -1.98. The molecular formula is C13H15FN2O3. The van der Waals surface area contributed by atoms with Gasteiger partial charge in [0.15, 0.2) is 0 Å². The van der Waals surface area contributed by atoms with Crippen molar-refractivity contribution >= 4 is 17.5 Å². The van der Waals surface area contributed by atoms with E-state index in [0.29, 0.717) is 12.2 Å². The minimum Gasteiger partial charge on any atom is -0.396 e. The van der Waals surface area contributed by atoms with Crippen molar-refractivity contribution in [2.75, 3.05) is 18.5 Å². The van der Waals surface area contributed by atoms with Crippen molar-refractivity contribution < 1.29 is 19.1 Å². The van der Waals surface area contributed by atoms with Crippen molar-refractivity contribution in [2.45, 2.75) is 12.8 Å². The van der Waals surface area contributed by atoms with Gasteiger partial charge < -0.3 is 15.7 Å². The van der Waals surface area contributed by atoms with E-state index < -0.39 is 17.6 Å². The molecule has 0 heterocycles. The minimum absolute atomic E-state index is 0.00681. The Morgan fingerprint density at radius 3 is 2.37 bits per heavy atom.